The molecule has 0 aliphatic carbocycles. The van der Waals surface area contributed by atoms with Gasteiger partial charge in [0.05, 0.1) is 7.11 Å². The van der Waals surface area contributed by atoms with Crippen molar-refractivity contribution < 1.29 is 24.5 Å². The molecule has 0 unspecified atom stereocenters. The lowest BCUT2D eigenvalue weighted by Crippen LogP contribution is -2.41. The minimum absolute atomic E-state index is 0.570. The highest BCUT2D eigenvalue weighted by atomic mass is 16.5. The third-order valence-corrected chi connectivity index (χ3v) is 5.80. The molecular formula is C26H30N2O5. The fourth-order valence-electron chi connectivity index (χ4n) is 4.07. The van der Waals surface area contributed by atoms with Crippen molar-refractivity contribution in [2.45, 2.75) is 32.0 Å². The van der Waals surface area contributed by atoms with E-state index in [-0.39, 0.29) is 0 Å². The molecule has 3 N–H and O–H groups in total. The van der Waals surface area contributed by atoms with Crippen molar-refractivity contribution in [2.24, 2.45) is 0 Å². The van der Waals surface area contributed by atoms with Gasteiger partial charge in [-0.1, -0.05) is 60.7 Å². The van der Waals surface area contributed by atoms with Crippen molar-refractivity contribution in [3.05, 3.63) is 77.9 Å². The van der Waals surface area contributed by atoms with E-state index in [2.05, 4.69) is 76.9 Å². The van der Waals surface area contributed by atoms with Crippen LogP contribution in [0.15, 0.2) is 66.7 Å². The zero-order chi connectivity index (χ0) is 23.6. The van der Waals surface area contributed by atoms with Crippen LogP contribution in [0.2, 0.25) is 0 Å². The summed E-state index contributed by atoms with van der Waals surface area (Å²) in [6.07, 6.45) is 2.39. The van der Waals surface area contributed by atoms with Crippen molar-refractivity contribution in [1.29, 1.82) is 0 Å². The molecule has 0 aromatic heterocycles. The van der Waals surface area contributed by atoms with Gasteiger partial charge >= 0.3 is 11.9 Å². The Morgan fingerprint density at radius 2 is 1.58 bits per heavy atom. The predicted octanol–water partition coefficient (Wildman–Crippen LogP) is 3.76. The van der Waals surface area contributed by atoms with Gasteiger partial charge in [-0.15, -0.1) is 0 Å². The molecule has 3 aromatic carbocycles. The van der Waals surface area contributed by atoms with Crippen molar-refractivity contribution in [3.8, 4) is 5.75 Å². The summed E-state index contributed by atoms with van der Waals surface area (Å²) in [5.74, 6) is -2.67. The number of ether oxygens (including phenoxy) is 1. The fraction of sp³-hybridized carbons (Fsp3) is 0.308. The number of carboxylic acid groups (broad SMARTS) is 2. The largest absolute Gasteiger partial charge is 0.496 e. The maximum Gasteiger partial charge on any atom is 0.414 e. The molecule has 0 spiro atoms. The van der Waals surface area contributed by atoms with Crippen LogP contribution in [0.5, 0.6) is 5.75 Å². The summed E-state index contributed by atoms with van der Waals surface area (Å²) in [6, 6.07) is 24.1. The van der Waals surface area contributed by atoms with E-state index >= 15 is 0 Å². The first-order valence-electron chi connectivity index (χ1n) is 11.0. The van der Waals surface area contributed by atoms with Crippen LogP contribution in [-0.2, 0) is 22.7 Å². The van der Waals surface area contributed by atoms with Crippen molar-refractivity contribution in [2.75, 3.05) is 20.2 Å². The average Bonchev–Trinajstić information content (AvgIpc) is 2.84. The van der Waals surface area contributed by atoms with E-state index in [4.69, 9.17) is 24.5 Å². The number of hydrogen-bond donors (Lipinski definition) is 3. The summed E-state index contributed by atoms with van der Waals surface area (Å²) < 4.78 is 5.63. The number of piperidine rings is 1. The van der Waals surface area contributed by atoms with E-state index in [9.17, 15) is 0 Å². The second-order valence-electron chi connectivity index (χ2n) is 7.99. The Balaban J connectivity index is 0.000000454. The lowest BCUT2D eigenvalue weighted by Gasteiger charge is -2.32. The summed E-state index contributed by atoms with van der Waals surface area (Å²) >= 11 is 0. The molecule has 7 nitrogen and oxygen atoms in total. The third kappa shape index (κ3) is 7.03. The Kier molecular flexibility index (Phi) is 8.80. The van der Waals surface area contributed by atoms with Gasteiger partial charge in [0.2, 0.25) is 0 Å². The van der Waals surface area contributed by atoms with E-state index in [0.717, 1.165) is 31.9 Å². The highest BCUT2D eigenvalue weighted by Crippen LogP contribution is 2.28. The monoisotopic (exact) mass is 450 g/mol. The quantitative estimate of drug-likeness (QED) is 0.492. The molecule has 1 saturated heterocycles. The normalized spacial score (nSPS) is 14.3. The summed E-state index contributed by atoms with van der Waals surface area (Å²) in [7, 11) is 1.76. The van der Waals surface area contributed by atoms with Crippen LogP contribution < -0.4 is 10.1 Å². The number of nitrogens with zero attached hydrogens (tertiary/aromatic N) is 1. The second-order valence-corrected chi connectivity index (χ2v) is 7.99. The Hall–Kier alpha value is -3.42. The highest BCUT2D eigenvalue weighted by Gasteiger charge is 2.19. The molecule has 1 fully saturated rings. The molecule has 0 bridgehead atoms. The van der Waals surface area contributed by atoms with Gasteiger partial charge in [-0.3, -0.25) is 4.90 Å². The molecule has 7 heteroatoms. The topological polar surface area (TPSA) is 99.1 Å². The number of aliphatic carboxylic acids is 2. The molecule has 1 aliphatic rings. The summed E-state index contributed by atoms with van der Waals surface area (Å²) in [4.78, 5) is 20.8. The van der Waals surface area contributed by atoms with Crippen molar-refractivity contribution in [1.82, 2.24) is 10.2 Å². The van der Waals surface area contributed by atoms with Crippen LogP contribution in [0.25, 0.3) is 10.8 Å². The second kappa shape index (κ2) is 12.0. The molecule has 3 aromatic rings. The Labute approximate surface area is 193 Å². The Bertz CT molecular complexity index is 1050. The standard InChI is InChI=1S/C24H28N2O.C2H2O4/c1-27-24-12-11-20-9-5-6-10-22(20)23(24)17-25-21-13-15-26(16-14-21)18-19-7-3-2-4-8-19;3-1(4)2(5)6/h2-12,21,25H,13-18H2,1H3;(H,3,4)(H,5,6). The number of fused-ring (bicyclic) bond motifs is 1. The van der Waals surface area contributed by atoms with Gasteiger partial charge in [0.15, 0.2) is 0 Å². The molecule has 33 heavy (non-hydrogen) atoms. The first-order chi connectivity index (χ1) is 16.0. The molecule has 174 valence electrons. The number of rotatable bonds is 6. The van der Waals surface area contributed by atoms with Gasteiger partial charge in [-0.05, 0) is 48.3 Å². The zero-order valence-corrected chi connectivity index (χ0v) is 18.7. The molecule has 1 heterocycles. The minimum Gasteiger partial charge on any atom is -0.496 e. The minimum atomic E-state index is -1.82. The van der Waals surface area contributed by atoms with E-state index in [0.29, 0.717) is 6.04 Å². The number of carboxylic acids is 2. The maximum absolute atomic E-state index is 9.10. The number of nitrogens with one attached hydrogen (secondary N) is 1. The molecule has 1 aliphatic heterocycles. The van der Waals surface area contributed by atoms with Crippen LogP contribution >= 0.6 is 0 Å². The van der Waals surface area contributed by atoms with Gasteiger partial charge in [0.1, 0.15) is 5.75 Å². The van der Waals surface area contributed by atoms with Gasteiger partial charge in [-0.2, -0.15) is 0 Å². The first-order valence-corrected chi connectivity index (χ1v) is 11.0. The average molecular weight is 451 g/mol. The molecule has 0 amide bonds. The molecule has 0 saturated carbocycles. The third-order valence-electron chi connectivity index (χ3n) is 5.80. The lowest BCUT2D eigenvalue weighted by molar-refractivity contribution is -0.159. The number of methoxy groups -OCH3 is 1. The number of benzene rings is 3. The zero-order valence-electron chi connectivity index (χ0n) is 18.7. The van der Waals surface area contributed by atoms with Crippen molar-refractivity contribution in [3.63, 3.8) is 0 Å². The first kappa shape index (κ1) is 24.2. The number of hydrogen-bond acceptors (Lipinski definition) is 5. The summed E-state index contributed by atoms with van der Waals surface area (Å²) in [6.45, 7) is 4.22. The van der Waals surface area contributed by atoms with E-state index in [1.165, 1.54) is 34.7 Å². The molecule has 0 atom stereocenters. The van der Waals surface area contributed by atoms with Crippen molar-refractivity contribution >= 4 is 22.7 Å². The van der Waals surface area contributed by atoms with Crippen LogP contribution in [-0.4, -0.2) is 53.3 Å². The predicted molar refractivity (Wildman–Crippen MR) is 127 cm³/mol. The summed E-state index contributed by atoms with van der Waals surface area (Å²) in [5, 5.41) is 21.1. The fourth-order valence-corrected chi connectivity index (χ4v) is 4.07. The number of carbonyl (C=O) groups is 2. The molecule has 0 radical (unpaired) electrons. The van der Waals surface area contributed by atoms with E-state index < -0.39 is 11.9 Å². The molecular weight excluding hydrogens is 420 g/mol. The van der Waals surface area contributed by atoms with E-state index in [1.54, 1.807) is 7.11 Å². The smallest absolute Gasteiger partial charge is 0.414 e. The van der Waals surface area contributed by atoms with E-state index in [1.807, 2.05) is 0 Å². The summed E-state index contributed by atoms with van der Waals surface area (Å²) in [5.41, 5.74) is 2.67. The van der Waals surface area contributed by atoms with Crippen LogP contribution in [0, 0.1) is 0 Å². The van der Waals surface area contributed by atoms with Crippen LogP contribution in [0.1, 0.15) is 24.0 Å². The van der Waals surface area contributed by atoms with Gasteiger partial charge in [0.25, 0.3) is 0 Å². The highest BCUT2D eigenvalue weighted by molar-refractivity contribution is 6.27. The maximum atomic E-state index is 9.10. The SMILES string of the molecule is COc1ccc2ccccc2c1CNC1CCN(Cc2ccccc2)CC1.O=C(O)C(=O)O. The van der Waals surface area contributed by atoms with Crippen LogP contribution in [0.3, 0.4) is 0 Å². The van der Waals surface area contributed by atoms with Gasteiger partial charge in [-0.25, -0.2) is 9.59 Å². The molecule has 4 rings (SSSR count). The Morgan fingerprint density at radius 3 is 2.21 bits per heavy atom. The van der Waals surface area contributed by atoms with Gasteiger partial charge < -0.3 is 20.3 Å². The lowest BCUT2D eigenvalue weighted by atomic mass is 10.0. The number of likely N-dealkylation sites (tertiary alicyclic amines) is 1. The van der Waals surface area contributed by atoms with Gasteiger partial charge in [0, 0.05) is 24.7 Å². The Morgan fingerprint density at radius 1 is 0.939 bits per heavy atom. The van der Waals surface area contributed by atoms with Crippen LogP contribution in [0.4, 0.5) is 0 Å².